The van der Waals surface area contributed by atoms with Crippen molar-refractivity contribution < 1.29 is 9.59 Å². The quantitative estimate of drug-likeness (QED) is 0.714. The Balaban J connectivity index is 1.31. The largest absolute Gasteiger partial charge is 0.352 e. The van der Waals surface area contributed by atoms with E-state index in [-0.39, 0.29) is 11.8 Å². The third-order valence-electron chi connectivity index (χ3n) is 5.05. The molecule has 1 saturated heterocycles. The predicted molar refractivity (Wildman–Crippen MR) is 106 cm³/mol. The first kappa shape index (κ1) is 18.2. The zero-order chi connectivity index (χ0) is 19.3. The molecule has 1 fully saturated rings. The average molecular weight is 377 g/mol. The molecule has 0 atom stereocenters. The second-order valence-corrected chi connectivity index (χ2v) is 7.03. The number of amides is 2. The number of aromatic nitrogens is 3. The molecular formula is C21H23N5O2. The Morgan fingerprint density at radius 2 is 1.75 bits per heavy atom. The Bertz CT molecular complexity index is 974. The summed E-state index contributed by atoms with van der Waals surface area (Å²) in [4.78, 5) is 26.2. The Hall–Kier alpha value is -3.22. The van der Waals surface area contributed by atoms with Crippen molar-refractivity contribution in [3.63, 3.8) is 0 Å². The highest BCUT2D eigenvalue weighted by Gasteiger charge is 2.17. The van der Waals surface area contributed by atoms with Crippen molar-refractivity contribution in [1.29, 1.82) is 0 Å². The SMILES string of the molecule is O=C(NCCC(=O)N1CCCC1)c1ccc(Cn2nnc3ccccc32)cc1. The van der Waals surface area contributed by atoms with Gasteiger partial charge in [0.15, 0.2) is 0 Å². The van der Waals surface area contributed by atoms with Crippen molar-refractivity contribution in [2.75, 3.05) is 19.6 Å². The molecule has 144 valence electrons. The fourth-order valence-electron chi connectivity index (χ4n) is 3.48. The highest BCUT2D eigenvalue weighted by molar-refractivity contribution is 5.94. The summed E-state index contributed by atoms with van der Waals surface area (Å²) in [6.07, 6.45) is 2.51. The molecule has 0 radical (unpaired) electrons. The topological polar surface area (TPSA) is 80.1 Å². The maximum absolute atomic E-state index is 12.3. The number of hydrogen-bond acceptors (Lipinski definition) is 4. The summed E-state index contributed by atoms with van der Waals surface area (Å²) in [6, 6.07) is 15.2. The molecule has 0 bridgehead atoms. The summed E-state index contributed by atoms with van der Waals surface area (Å²) in [6.45, 7) is 2.64. The number of carbonyl (C=O) groups excluding carboxylic acids is 2. The van der Waals surface area contributed by atoms with Crippen LogP contribution in [0.1, 0.15) is 35.2 Å². The summed E-state index contributed by atoms with van der Waals surface area (Å²) in [5, 5.41) is 11.2. The number of carbonyl (C=O) groups is 2. The first-order valence-corrected chi connectivity index (χ1v) is 9.64. The van der Waals surface area contributed by atoms with E-state index in [4.69, 9.17) is 0 Å². The molecule has 1 N–H and O–H groups in total. The highest BCUT2D eigenvalue weighted by Crippen LogP contribution is 2.13. The lowest BCUT2D eigenvalue weighted by Gasteiger charge is -2.15. The maximum atomic E-state index is 12.3. The maximum Gasteiger partial charge on any atom is 0.251 e. The fraction of sp³-hybridized carbons (Fsp3) is 0.333. The molecule has 3 aromatic rings. The monoisotopic (exact) mass is 377 g/mol. The van der Waals surface area contributed by atoms with Gasteiger partial charge in [-0.05, 0) is 42.7 Å². The van der Waals surface area contributed by atoms with Crippen LogP contribution < -0.4 is 5.32 Å². The molecule has 2 aromatic carbocycles. The van der Waals surface area contributed by atoms with Crippen LogP contribution in [0.15, 0.2) is 48.5 Å². The second-order valence-electron chi connectivity index (χ2n) is 7.03. The average Bonchev–Trinajstić information content (AvgIpc) is 3.39. The molecule has 28 heavy (non-hydrogen) atoms. The molecule has 1 aliphatic rings. The molecule has 7 heteroatoms. The molecule has 4 rings (SSSR count). The molecule has 7 nitrogen and oxygen atoms in total. The van der Waals surface area contributed by atoms with E-state index in [0.29, 0.717) is 25.1 Å². The van der Waals surface area contributed by atoms with Crippen molar-refractivity contribution >= 4 is 22.8 Å². The number of benzene rings is 2. The zero-order valence-electron chi connectivity index (χ0n) is 15.7. The zero-order valence-corrected chi connectivity index (χ0v) is 15.7. The van der Waals surface area contributed by atoms with Gasteiger partial charge in [-0.1, -0.05) is 29.5 Å². The van der Waals surface area contributed by atoms with Gasteiger partial charge in [-0.15, -0.1) is 5.10 Å². The van der Waals surface area contributed by atoms with E-state index in [1.54, 1.807) is 12.1 Å². The number of nitrogens with one attached hydrogen (secondary N) is 1. The Kier molecular flexibility index (Phi) is 5.32. The fourth-order valence-corrected chi connectivity index (χ4v) is 3.48. The van der Waals surface area contributed by atoms with E-state index in [1.165, 1.54) is 0 Å². The molecule has 0 unspecified atom stereocenters. The minimum Gasteiger partial charge on any atom is -0.352 e. The normalized spacial score (nSPS) is 13.8. The first-order chi connectivity index (χ1) is 13.7. The lowest BCUT2D eigenvalue weighted by Crippen LogP contribution is -2.32. The Morgan fingerprint density at radius 1 is 1.00 bits per heavy atom. The van der Waals surface area contributed by atoms with Crippen LogP contribution in [0, 0.1) is 0 Å². The van der Waals surface area contributed by atoms with Crippen LogP contribution in [0.4, 0.5) is 0 Å². The van der Waals surface area contributed by atoms with E-state index in [9.17, 15) is 9.59 Å². The summed E-state index contributed by atoms with van der Waals surface area (Å²) >= 11 is 0. The number of para-hydroxylation sites is 1. The van der Waals surface area contributed by atoms with E-state index in [2.05, 4.69) is 15.6 Å². The van der Waals surface area contributed by atoms with Gasteiger partial charge in [-0.25, -0.2) is 4.68 Å². The van der Waals surface area contributed by atoms with Crippen molar-refractivity contribution in [2.24, 2.45) is 0 Å². The molecule has 0 aliphatic carbocycles. The van der Waals surface area contributed by atoms with Crippen LogP contribution in [0.5, 0.6) is 0 Å². The minimum absolute atomic E-state index is 0.119. The minimum atomic E-state index is -0.160. The summed E-state index contributed by atoms with van der Waals surface area (Å²) < 4.78 is 1.84. The number of likely N-dealkylation sites (tertiary alicyclic amines) is 1. The number of nitrogens with zero attached hydrogens (tertiary/aromatic N) is 4. The lowest BCUT2D eigenvalue weighted by molar-refractivity contribution is -0.129. The summed E-state index contributed by atoms with van der Waals surface area (Å²) in [5.74, 6) is -0.0415. The van der Waals surface area contributed by atoms with Gasteiger partial charge < -0.3 is 10.2 Å². The van der Waals surface area contributed by atoms with Crippen molar-refractivity contribution in [3.8, 4) is 0 Å². The van der Waals surface area contributed by atoms with Crippen LogP contribution in [0.2, 0.25) is 0 Å². The number of rotatable bonds is 6. The van der Waals surface area contributed by atoms with E-state index in [1.807, 2.05) is 46.0 Å². The van der Waals surface area contributed by atoms with Gasteiger partial charge in [-0.3, -0.25) is 9.59 Å². The van der Waals surface area contributed by atoms with E-state index >= 15 is 0 Å². The molecule has 0 spiro atoms. The highest BCUT2D eigenvalue weighted by atomic mass is 16.2. The molecular weight excluding hydrogens is 354 g/mol. The van der Waals surface area contributed by atoms with Crippen LogP contribution >= 0.6 is 0 Å². The van der Waals surface area contributed by atoms with Gasteiger partial charge >= 0.3 is 0 Å². The van der Waals surface area contributed by atoms with Crippen LogP contribution in [-0.4, -0.2) is 51.3 Å². The Labute approximate surface area is 163 Å². The van der Waals surface area contributed by atoms with E-state index < -0.39 is 0 Å². The molecule has 1 aliphatic heterocycles. The number of hydrogen-bond donors (Lipinski definition) is 1. The second kappa shape index (κ2) is 8.21. The molecule has 2 heterocycles. The predicted octanol–water partition coefficient (Wildman–Crippen LogP) is 2.22. The lowest BCUT2D eigenvalue weighted by atomic mass is 10.1. The van der Waals surface area contributed by atoms with E-state index in [0.717, 1.165) is 42.5 Å². The van der Waals surface area contributed by atoms with Crippen molar-refractivity contribution in [2.45, 2.75) is 25.8 Å². The van der Waals surface area contributed by atoms with Crippen LogP contribution in [0.25, 0.3) is 11.0 Å². The first-order valence-electron chi connectivity index (χ1n) is 9.64. The van der Waals surface area contributed by atoms with Gasteiger partial charge in [0.1, 0.15) is 5.52 Å². The van der Waals surface area contributed by atoms with Gasteiger partial charge in [0.05, 0.1) is 12.1 Å². The van der Waals surface area contributed by atoms with Gasteiger partial charge in [0.2, 0.25) is 5.91 Å². The van der Waals surface area contributed by atoms with Crippen molar-refractivity contribution in [3.05, 3.63) is 59.7 Å². The summed E-state index contributed by atoms with van der Waals surface area (Å²) in [7, 11) is 0. The third kappa shape index (κ3) is 4.03. The molecule has 2 amide bonds. The Morgan fingerprint density at radius 3 is 2.54 bits per heavy atom. The van der Waals surface area contributed by atoms with Gasteiger partial charge in [0.25, 0.3) is 5.91 Å². The standard InChI is InChI=1S/C21H23N5O2/c27-20(25-13-3-4-14-25)11-12-22-21(28)17-9-7-16(8-10-17)15-26-19-6-2-1-5-18(19)23-24-26/h1-2,5-10H,3-4,11-15H2,(H,22,28). The molecule has 0 saturated carbocycles. The van der Waals surface area contributed by atoms with Crippen LogP contribution in [0.3, 0.4) is 0 Å². The number of fused-ring (bicyclic) bond motifs is 1. The van der Waals surface area contributed by atoms with Gasteiger partial charge in [-0.2, -0.15) is 0 Å². The third-order valence-corrected chi connectivity index (χ3v) is 5.05. The van der Waals surface area contributed by atoms with Crippen molar-refractivity contribution in [1.82, 2.24) is 25.2 Å². The smallest absolute Gasteiger partial charge is 0.251 e. The summed E-state index contributed by atoms with van der Waals surface area (Å²) in [5.41, 5.74) is 3.46. The van der Waals surface area contributed by atoms with Gasteiger partial charge in [0, 0.05) is 31.6 Å². The van der Waals surface area contributed by atoms with Crippen LogP contribution in [-0.2, 0) is 11.3 Å². The molecule has 1 aromatic heterocycles.